The number of rotatable bonds is 3. The van der Waals surface area contributed by atoms with Gasteiger partial charge in [-0.05, 0) is 17.7 Å². The summed E-state index contributed by atoms with van der Waals surface area (Å²) in [5.41, 5.74) is 7.16. The minimum atomic E-state index is -0.424. The van der Waals surface area contributed by atoms with Gasteiger partial charge in [-0.1, -0.05) is 17.7 Å². The Bertz CT molecular complexity index is 472. The highest BCUT2D eigenvalue weighted by atomic mass is 35.5. The number of hydrogen-bond donors (Lipinski definition) is 2. The van der Waals surface area contributed by atoms with E-state index in [0.29, 0.717) is 10.7 Å². The lowest BCUT2D eigenvalue weighted by Crippen LogP contribution is -2.15. The van der Waals surface area contributed by atoms with E-state index < -0.39 is 6.04 Å². The number of aliphatic hydroxyl groups is 1. The zero-order valence-electron chi connectivity index (χ0n) is 8.42. The summed E-state index contributed by atoms with van der Waals surface area (Å²) in [6, 6.07) is 4.83. The third kappa shape index (κ3) is 2.06. The van der Waals surface area contributed by atoms with Gasteiger partial charge in [0.1, 0.15) is 5.69 Å². The monoisotopic (exact) mass is 238 g/mol. The average molecular weight is 239 g/mol. The largest absolute Gasteiger partial charge is 0.394 e. The second-order valence-electron chi connectivity index (χ2n) is 3.32. The Morgan fingerprint density at radius 3 is 2.69 bits per heavy atom. The summed E-state index contributed by atoms with van der Waals surface area (Å²) in [6.07, 6.45) is 3.13. The number of nitrogens with zero attached hydrogens (tertiary/aromatic N) is 3. The van der Waals surface area contributed by atoms with Crippen LogP contribution < -0.4 is 5.73 Å². The van der Waals surface area contributed by atoms with E-state index in [-0.39, 0.29) is 6.61 Å². The normalized spacial score (nSPS) is 12.7. The highest BCUT2D eigenvalue weighted by molar-refractivity contribution is 6.32. The Morgan fingerprint density at radius 1 is 1.38 bits per heavy atom. The molecule has 0 amide bonds. The van der Waals surface area contributed by atoms with Gasteiger partial charge in [-0.25, -0.2) is 0 Å². The molecule has 0 unspecified atom stereocenters. The van der Waals surface area contributed by atoms with Gasteiger partial charge in [-0.15, -0.1) is 0 Å². The second kappa shape index (κ2) is 4.61. The Morgan fingerprint density at radius 2 is 2.06 bits per heavy atom. The number of aromatic nitrogens is 3. The van der Waals surface area contributed by atoms with Crippen molar-refractivity contribution in [3.8, 4) is 5.69 Å². The standard InChI is InChI=1S/C10H11ClN4O/c11-8-2-1-7(9(12)6-16)5-10(8)15-13-3-4-14-15/h1-5,9,16H,6,12H2/t9-/m1/s1. The molecule has 1 atom stereocenters. The van der Waals surface area contributed by atoms with E-state index in [1.807, 2.05) is 0 Å². The molecule has 0 bridgehead atoms. The van der Waals surface area contributed by atoms with Crippen molar-refractivity contribution < 1.29 is 5.11 Å². The molecule has 3 N–H and O–H groups in total. The maximum Gasteiger partial charge on any atom is 0.105 e. The van der Waals surface area contributed by atoms with Crippen LogP contribution in [-0.2, 0) is 0 Å². The molecule has 0 saturated carbocycles. The van der Waals surface area contributed by atoms with Crippen LogP contribution in [0.2, 0.25) is 5.02 Å². The summed E-state index contributed by atoms with van der Waals surface area (Å²) in [4.78, 5) is 1.41. The van der Waals surface area contributed by atoms with E-state index in [2.05, 4.69) is 10.2 Å². The quantitative estimate of drug-likeness (QED) is 0.834. The van der Waals surface area contributed by atoms with Crippen LogP contribution in [0.5, 0.6) is 0 Å². The zero-order chi connectivity index (χ0) is 11.5. The molecular formula is C10H11ClN4O. The molecule has 6 heteroatoms. The Balaban J connectivity index is 2.45. The van der Waals surface area contributed by atoms with Gasteiger partial charge in [0.2, 0.25) is 0 Å². The van der Waals surface area contributed by atoms with Gasteiger partial charge >= 0.3 is 0 Å². The summed E-state index contributed by atoms with van der Waals surface area (Å²) in [6.45, 7) is -0.117. The van der Waals surface area contributed by atoms with Gasteiger partial charge in [0.05, 0.1) is 30.1 Å². The fourth-order valence-corrected chi connectivity index (χ4v) is 1.55. The maximum absolute atomic E-state index is 8.98. The molecule has 0 aliphatic heterocycles. The molecule has 5 nitrogen and oxygen atoms in total. The van der Waals surface area contributed by atoms with Crippen molar-refractivity contribution >= 4 is 11.6 Å². The first-order valence-corrected chi connectivity index (χ1v) is 5.12. The highest BCUT2D eigenvalue weighted by Gasteiger charge is 2.09. The minimum absolute atomic E-state index is 0.117. The molecule has 84 valence electrons. The van der Waals surface area contributed by atoms with Crippen LogP contribution in [-0.4, -0.2) is 26.7 Å². The average Bonchev–Trinajstić information content (AvgIpc) is 2.82. The summed E-state index contributed by atoms with van der Waals surface area (Å²) >= 11 is 6.03. The van der Waals surface area contributed by atoms with Gasteiger partial charge in [-0.2, -0.15) is 15.0 Å². The molecule has 0 aliphatic carbocycles. The third-order valence-electron chi connectivity index (χ3n) is 2.23. The van der Waals surface area contributed by atoms with E-state index in [1.54, 1.807) is 30.6 Å². The molecule has 2 rings (SSSR count). The Kier molecular flexibility index (Phi) is 3.19. The predicted molar refractivity (Wildman–Crippen MR) is 60.4 cm³/mol. The fourth-order valence-electron chi connectivity index (χ4n) is 1.36. The molecule has 0 aliphatic rings. The summed E-state index contributed by atoms with van der Waals surface area (Å²) in [5.74, 6) is 0. The molecule has 0 saturated heterocycles. The lowest BCUT2D eigenvalue weighted by Gasteiger charge is -2.11. The third-order valence-corrected chi connectivity index (χ3v) is 2.55. The number of aliphatic hydroxyl groups excluding tert-OH is 1. The molecule has 0 fully saturated rings. The lowest BCUT2D eigenvalue weighted by molar-refractivity contribution is 0.268. The molecule has 0 spiro atoms. The summed E-state index contributed by atoms with van der Waals surface area (Å²) in [7, 11) is 0. The molecule has 1 aromatic heterocycles. The molecule has 2 aromatic rings. The summed E-state index contributed by atoms with van der Waals surface area (Å²) in [5, 5.41) is 17.5. The second-order valence-corrected chi connectivity index (χ2v) is 3.73. The summed E-state index contributed by atoms with van der Waals surface area (Å²) < 4.78 is 0. The van der Waals surface area contributed by atoms with E-state index in [4.69, 9.17) is 22.4 Å². The van der Waals surface area contributed by atoms with Crippen LogP contribution in [0, 0.1) is 0 Å². The zero-order valence-corrected chi connectivity index (χ0v) is 9.17. The minimum Gasteiger partial charge on any atom is -0.394 e. The molecule has 16 heavy (non-hydrogen) atoms. The van der Waals surface area contributed by atoms with Crippen LogP contribution >= 0.6 is 11.6 Å². The van der Waals surface area contributed by atoms with Crippen molar-refractivity contribution in [3.63, 3.8) is 0 Å². The first-order valence-electron chi connectivity index (χ1n) is 4.75. The smallest absolute Gasteiger partial charge is 0.105 e. The first-order chi connectivity index (χ1) is 7.72. The topological polar surface area (TPSA) is 77.0 Å². The van der Waals surface area contributed by atoms with Crippen molar-refractivity contribution in [1.82, 2.24) is 15.0 Å². The van der Waals surface area contributed by atoms with Crippen LogP contribution in [0.15, 0.2) is 30.6 Å². The fraction of sp³-hybridized carbons (Fsp3) is 0.200. The molecule has 0 radical (unpaired) electrons. The number of nitrogens with two attached hydrogens (primary N) is 1. The van der Waals surface area contributed by atoms with E-state index in [9.17, 15) is 0 Å². The van der Waals surface area contributed by atoms with Crippen molar-refractivity contribution in [2.24, 2.45) is 5.73 Å². The van der Waals surface area contributed by atoms with Gasteiger partial charge in [0, 0.05) is 0 Å². The van der Waals surface area contributed by atoms with Gasteiger partial charge in [-0.3, -0.25) is 0 Å². The Hall–Kier alpha value is -1.43. The van der Waals surface area contributed by atoms with Gasteiger partial charge in [0.15, 0.2) is 0 Å². The van der Waals surface area contributed by atoms with E-state index in [1.165, 1.54) is 4.80 Å². The van der Waals surface area contributed by atoms with Crippen molar-refractivity contribution in [2.45, 2.75) is 6.04 Å². The predicted octanol–water partition coefficient (Wildman–Crippen LogP) is 0.913. The van der Waals surface area contributed by atoms with Crippen LogP contribution in [0.4, 0.5) is 0 Å². The van der Waals surface area contributed by atoms with Crippen molar-refractivity contribution in [1.29, 1.82) is 0 Å². The Labute approximate surface area is 97.5 Å². The highest BCUT2D eigenvalue weighted by Crippen LogP contribution is 2.22. The van der Waals surface area contributed by atoms with Crippen LogP contribution in [0.25, 0.3) is 5.69 Å². The van der Waals surface area contributed by atoms with E-state index in [0.717, 1.165) is 5.56 Å². The first kappa shape index (κ1) is 11.1. The number of halogens is 1. The van der Waals surface area contributed by atoms with Crippen molar-refractivity contribution in [2.75, 3.05) is 6.61 Å². The SMILES string of the molecule is N[C@H](CO)c1ccc(Cl)c(-n2nccn2)c1. The molecule has 1 heterocycles. The van der Waals surface area contributed by atoms with E-state index >= 15 is 0 Å². The molecule has 1 aromatic carbocycles. The lowest BCUT2D eigenvalue weighted by atomic mass is 10.1. The maximum atomic E-state index is 8.98. The van der Waals surface area contributed by atoms with Crippen LogP contribution in [0.1, 0.15) is 11.6 Å². The van der Waals surface area contributed by atoms with Crippen LogP contribution in [0.3, 0.4) is 0 Å². The number of hydrogen-bond acceptors (Lipinski definition) is 4. The van der Waals surface area contributed by atoms with Crippen molar-refractivity contribution in [3.05, 3.63) is 41.2 Å². The number of benzene rings is 1. The van der Waals surface area contributed by atoms with Gasteiger partial charge in [0.25, 0.3) is 0 Å². The molecular weight excluding hydrogens is 228 g/mol. The van der Waals surface area contributed by atoms with Gasteiger partial charge < -0.3 is 10.8 Å².